The van der Waals surface area contributed by atoms with E-state index in [1.54, 1.807) is 0 Å². The van der Waals surface area contributed by atoms with Crippen molar-refractivity contribution in [2.45, 2.75) is 92.4 Å². The van der Waals surface area contributed by atoms with Gasteiger partial charge in [-0.15, -0.1) is 0 Å². The number of benzene rings is 1. The summed E-state index contributed by atoms with van der Waals surface area (Å²) in [6.45, 7) is 19.0. The van der Waals surface area contributed by atoms with Gasteiger partial charge in [-0.05, 0) is 73.8 Å². The molecule has 1 rings (SSSR count). The van der Waals surface area contributed by atoms with Gasteiger partial charge in [-0.3, -0.25) is 0 Å². The van der Waals surface area contributed by atoms with Crippen LogP contribution in [0.4, 0.5) is 0 Å². The zero-order valence-corrected chi connectivity index (χ0v) is 18.5. The SMILES string of the molecule is CC(C)N(C(C)C)P(OCCCc1ccccc1)N(C(C)C)C(C)C. The van der Waals surface area contributed by atoms with Crippen molar-refractivity contribution in [2.75, 3.05) is 6.61 Å². The Bertz CT molecular complexity index is 426. The highest BCUT2D eigenvalue weighted by Gasteiger charge is 2.34. The molecule has 0 heterocycles. The van der Waals surface area contributed by atoms with Crippen LogP contribution in [-0.2, 0) is 10.9 Å². The van der Waals surface area contributed by atoms with Gasteiger partial charge in [0.15, 0.2) is 8.45 Å². The molecule has 0 aliphatic rings. The zero-order valence-electron chi connectivity index (χ0n) is 17.6. The molecule has 4 heteroatoms. The van der Waals surface area contributed by atoms with E-state index < -0.39 is 8.45 Å². The van der Waals surface area contributed by atoms with Crippen molar-refractivity contribution in [3.63, 3.8) is 0 Å². The smallest absolute Gasteiger partial charge is 0.188 e. The Kier molecular flexibility index (Phi) is 10.2. The Morgan fingerprint density at radius 2 is 1.20 bits per heavy atom. The van der Waals surface area contributed by atoms with Gasteiger partial charge in [0.05, 0.1) is 6.61 Å². The highest BCUT2D eigenvalue weighted by Crippen LogP contribution is 2.50. The average Bonchev–Trinajstić information content (AvgIpc) is 2.50. The van der Waals surface area contributed by atoms with Gasteiger partial charge >= 0.3 is 0 Å². The number of aryl methyl sites for hydroxylation is 1. The minimum atomic E-state index is -0.759. The van der Waals surface area contributed by atoms with Crippen molar-refractivity contribution in [1.29, 1.82) is 0 Å². The van der Waals surface area contributed by atoms with Crippen LogP contribution < -0.4 is 0 Å². The maximum absolute atomic E-state index is 6.55. The van der Waals surface area contributed by atoms with Crippen LogP contribution in [0, 0.1) is 0 Å². The summed E-state index contributed by atoms with van der Waals surface area (Å²) in [5, 5.41) is 0. The maximum Gasteiger partial charge on any atom is 0.188 e. The predicted octanol–water partition coefficient (Wildman–Crippen LogP) is 6.10. The van der Waals surface area contributed by atoms with E-state index >= 15 is 0 Å². The second-order valence-corrected chi connectivity index (χ2v) is 9.50. The molecule has 25 heavy (non-hydrogen) atoms. The molecule has 0 atom stereocenters. The fourth-order valence-electron chi connectivity index (χ4n) is 3.30. The third kappa shape index (κ3) is 7.35. The first-order valence-electron chi connectivity index (χ1n) is 9.79. The van der Waals surface area contributed by atoms with E-state index in [2.05, 4.69) is 95.1 Å². The van der Waals surface area contributed by atoms with Gasteiger partial charge in [-0.25, -0.2) is 9.34 Å². The molecule has 0 fully saturated rings. The van der Waals surface area contributed by atoms with Crippen LogP contribution in [0.15, 0.2) is 30.3 Å². The molecule has 0 aliphatic carbocycles. The largest absolute Gasteiger partial charge is 0.331 e. The van der Waals surface area contributed by atoms with Gasteiger partial charge < -0.3 is 4.52 Å². The molecule has 1 aromatic carbocycles. The Morgan fingerprint density at radius 3 is 1.60 bits per heavy atom. The van der Waals surface area contributed by atoms with Crippen molar-refractivity contribution >= 4 is 8.45 Å². The lowest BCUT2D eigenvalue weighted by Crippen LogP contribution is -2.43. The summed E-state index contributed by atoms with van der Waals surface area (Å²) >= 11 is 0. The summed E-state index contributed by atoms with van der Waals surface area (Å²) in [6.07, 6.45) is 2.15. The summed E-state index contributed by atoms with van der Waals surface area (Å²) < 4.78 is 11.7. The summed E-state index contributed by atoms with van der Waals surface area (Å²) in [6, 6.07) is 12.6. The molecule has 1 aromatic rings. The van der Waals surface area contributed by atoms with Gasteiger partial charge in [-0.1, -0.05) is 30.3 Å². The van der Waals surface area contributed by atoms with Crippen LogP contribution in [0.3, 0.4) is 0 Å². The van der Waals surface area contributed by atoms with E-state index in [1.807, 2.05) is 0 Å². The highest BCUT2D eigenvalue weighted by atomic mass is 31.2. The van der Waals surface area contributed by atoms with E-state index in [0.29, 0.717) is 24.2 Å². The lowest BCUT2D eigenvalue weighted by molar-refractivity contribution is 0.185. The Balaban J connectivity index is 2.79. The molecule has 0 spiro atoms. The van der Waals surface area contributed by atoms with E-state index in [-0.39, 0.29) is 0 Å². The fourth-order valence-corrected chi connectivity index (χ4v) is 5.68. The minimum Gasteiger partial charge on any atom is -0.331 e. The molecule has 3 nitrogen and oxygen atoms in total. The maximum atomic E-state index is 6.55. The number of nitrogens with zero attached hydrogens (tertiary/aromatic N) is 2. The molecule has 0 amide bonds. The summed E-state index contributed by atoms with van der Waals surface area (Å²) in [5.41, 5.74) is 1.39. The van der Waals surface area contributed by atoms with Crippen molar-refractivity contribution in [3.8, 4) is 0 Å². The van der Waals surface area contributed by atoms with Crippen LogP contribution in [-0.4, -0.2) is 40.1 Å². The molecular formula is C21H39N2OP. The third-order valence-electron chi connectivity index (χ3n) is 4.17. The standard InChI is InChI=1S/C21H39N2OP/c1-17(2)22(18(3)4)25(23(19(5)6)20(7)8)24-16-12-15-21-13-10-9-11-14-21/h9-11,13-14,17-20H,12,15-16H2,1-8H3. The predicted molar refractivity (Wildman–Crippen MR) is 112 cm³/mol. The number of rotatable bonds is 11. The van der Waals surface area contributed by atoms with Crippen molar-refractivity contribution in [2.24, 2.45) is 0 Å². The zero-order chi connectivity index (χ0) is 19.0. The van der Waals surface area contributed by atoms with E-state index in [4.69, 9.17) is 4.52 Å². The third-order valence-corrected chi connectivity index (χ3v) is 7.22. The molecule has 0 aromatic heterocycles. The number of hydrogen-bond acceptors (Lipinski definition) is 3. The van der Waals surface area contributed by atoms with Gasteiger partial charge in [0.2, 0.25) is 0 Å². The van der Waals surface area contributed by atoms with E-state index in [1.165, 1.54) is 5.56 Å². The second kappa shape index (κ2) is 11.3. The minimum absolute atomic E-state index is 0.472. The lowest BCUT2D eigenvalue weighted by atomic mass is 10.1. The molecule has 0 saturated carbocycles. The average molecular weight is 367 g/mol. The van der Waals surface area contributed by atoms with Crippen LogP contribution in [0.1, 0.15) is 67.4 Å². The molecule has 144 valence electrons. The van der Waals surface area contributed by atoms with Crippen molar-refractivity contribution < 1.29 is 4.52 Å². The van der Waals surface area contributed by atoms with Crippen LogP contribution in [0.25, 0.3) is 0 Å². The van der Waals surface area contributed by atoms with Gasteiger partial charge in [-0.2, -0.15) is 0 Å². The number of hydrogen-bond donors (Lipinski definition) is 0. The Labute approximate surface area is 157 Å². The lowest BCUT2D eigenvalue weighted by Gasteiger charge is -2.45. The quantitative estimate of drug-likeness (QED) is 0.347. The molecule has 0 radical (unpaired) electrons. The fraction of sp³-hybridized carbons (Fsp3) is 0.714. The highest BCUT2D eigenvalue weighted by molar-refractivity contribution is 7.47. The summed E-state index contributed by atoms with van der Waals surface area (Å²) in [5.74, 6) is 0. The van der Waals surface area contributed by atoms with Crippen molar-refractivity contribution in [1.82, 2.24) is 9.34 Å². The summed E-state index contributed by atoms with van der Waals surface area (Å²) in [4.78, 5) is 0. The molecule has 0 bridgehead atoms. The van der Waals surface area contributed by atoms with E-state index in [0.717, 1.165) is 19.4 Å². The normalized spacial score (nSPS) is 12.8. The molecular weight excluding hydrogens is 327 g/mol. The van der Waals surface area contributed by atoms with Gasteiger partial charge in [0.25, 0.3) is 0 Å². The molecule has 0 N–H and O–H groups in total. The van der Waals surface area contributed by atoms with Crippen LogP contribution in [0.5, 0.6) is 0 Å². The Morgan fingerprint density at radius 1 is 0.760 bits per heavy atom. The first-order valence-corrected chi connectivity index (χ1v) is 11.0. The van der Waals surface area contributed by atoms with Gasteiger partial charge in [0, 0.05) is 24.2 Å². The monoisotopic (exact) mass is 366 g/mol. The topological polar surface area (TPSA) is 15.7 Å². The van der Waals surface area contributed by atoms with Crippen LogP contribution >= 0.6 is 8.45 Å². The second-order valence-electron chi connectivity index (χ2n) is 7.81. The molecule has 0 unspecified atom stereocenters. The van der Waals surface area contributed by atoms with E-state index in [9.17, 15) is 0 Å². The first kappa shape index (κ1) is 22.6. The van der Waals surface area contributed by atoms with Crippen molar-refractivity contribution in [3.05, 3.63) is 35.9 Å². The first-order chi connectivity index (χ1) is 11.8. The molecule has 0 saturated heterocycles. The van der Waals surface area contributed by atoms with Crippen LogP contribution in [0.2, 0.25) is 0 Å². The molecule has 0 aliphatic heterocycles. The summed E-state index contributed by atoms with van der Waals surface area (Å²) in [7, 11) is -0.759. The Hall–Kier alpha value is -0.470. The van der Waals surface area contributed by atoms with Gasteiger partial charge in [0.1, 0.15) is 0 Å².